The van der Waals surface area contributed by atoms with Crippen LogP contribution in [-0.2, 0) is 13.2 Å². The van der Waals surface area contributed by atoms with Crippen molar-refractivity contribution in [3.63, 3.8) is 0 Å². The van der Waals surface area contributed by atoms with Gasteiger partial charge in [-0.1, -0.05) is 31.2 Å². The molecule has 2 aromatic heterocycles. The molecule has 2 aromatic carbocycles. The first-order valence-electron chi connectivity index (χ1n) is 9.77. The van der Waals surface area contributed by atoms with Crippen LogP contribution in [0.1, 0.15) is 23.9 Å². The standard InChI is InChI=1S/C21H23N7OS/c1-4-26(12-19-22-17-8-6-5-7-16(17)20(29)23-19)13-27-21(30)28(25-24-27)18-11-14(2)9-10-15(18)3/h5-11H,4,12-13H2,1-3H3,(H,22,23,29). The molecule has 4 rings (SSSR count). The molecule has 2 heterocycles. The van der Waals surface area contributed by atoms with Crippen molar-refractivity contribution in [2.24, 2.45) is 0 Å². The Balaban J connectivity index is 1.59. The molecule has 0 bridgehead atoms. The molecule has 0 aliphatic heterocycles. The summed E-state index contributed by atoms with van der Waals surface area (Å²) in [6, 6.07) is 13.5. The summed E-state index contributed by atoms with van der Waals surface area (Å²) in [5.41, 5.74) is 3.69. The van der Waals surface area contributed by atoms with Crippen LogP contribution in [0.2, 0.25) is 0 Å². The number of hydrogen-bond acceptors (Lipinski definition) is 6. The summed E-state index contributed by atoms with van der Waals surface area (Å²) in [4.78, 5) is 21.9. The third kappa shape index (κ3) is 3.94. The Hall–Kier alpha value is -3.17. The largest absolute Gasteiger partial charge is 0.309 e. The van der Waals surface area contributed by atoms with E-state index in [9.17, 15) is 4.79 Å². The van der Waals surface area contributed by atoms with Crippen molar-refractivity contribution in [1.82, 2.24) is 34.7 Å². The molecule has 0 saturated carbocycles. The lowest BCUT2D eigenvalue weighted by molar-refractivity contribution is 0.201. The molecule has 1 N–H and O–H groups in total. The smallest absolute Gasteiger partial charge is 0.258 e. The Morgan fingerprint density at radius 1 is 1.13 bits per heavy atom. The van der Waals surface area contributed by atoms with E-state index in [2.05, 4.69) is 31.4 Å². The minimum atomic E-state index is -0.135. The van der Waals surface area contributed by atoms with Gasteiger partial charge in [0.15, 0.2) is 0 Å². The first-order chi connectivity index (χ1) is 14.5. The summed E-state index contributed by atoms with van der Waals surface area (Å²) in [6.45, 7) is 7.74. The predicted molar refractivity (Wildman–Crippen MR) is 118 cm³/mol. The highest BCUT2D eigenvalue weighted by Crippen LogP contribution is 2.15. The molecule has 4 aromatic rings. The maximum Gasteiger partial charge on any atom is 0.258 e. The second kappa shape index (κ2) is 8.29. The SMILES string of the molecule is CCN(Cc1nc2ccccc2c(=O)[nH]1)Cn1nnn(-c2cc(C)ccc2C)c1=S. The lowest BCUT2D eigenvalue weighted by atomic mass is 10.1. The number of nitrogens with one attached hydrogen (secondary N) is 1. The molecule has 0 atom stereocenters. The maximum atomic E-state index is 12.3. The van der Waals surface area contributed by atoms with E-state index in [1.807, 2.05) is 51.1 Å². The molecular formula is C21H23N7OS. The quantitative estimate of drug-likeness (QED) is 0.482. The van der Waals surface area contributed by atoms with E-state index in [1.54, 1.807) is 15.4 Å². The zero-order chi connectivity index (χ0) is 21.3. The number of benzene rings is 2. The topological polar surface area (TPSA) is 84.6 Å². The predicted octanol–water partition coefficient (Wildman–Crippen LogP) is 3.13. The number of nitrogens with zero attached hydrogens (tertiary/aromatic N) is 6. The van der Waals surface area contributed by atoms with Gasteiger partial charge in [0, 0.05) is 0 Å². The number of aryl methyl sites for hydroxylation is 2. The molecule has 0 aliphatic rings. The first-order valence-corrected chi connectivity index (χ1v) is 10.2. The van der Waals surface area contributed by atoms with Crippen LogP contribution in [0.15, 0.2) is 47.3 Å². The average molecular weight is 422 g/mol. The lowest BCUT2D eigenvalue weighted by Gasteiger charge is -2.19. The van der Waals surface area contributed by atoms with E-state index in [4.69, 9.17) is 12.2 Å². The van der Waals surface area contributed by atoms with E-state index in [1.165, 1.54) is 0 Å². The second-order valence-electron chi connectivity index (χ2n) is 7.28. The van der Waals surface area contributed by atoms with Crippen molar-refractivity contribution in [1.29, 1.82) is 0 Å². The Bertz CT molecular complexity index is 1320. The van der Waals surface area contributed by atoms with Crippen LogP contribution < -0.4 is 5.56 Å². The van der Waals surface area contributed by atoms with Crippen LogP contribution in [0.5, 0.6) is 0 Å². The van der Waals surface area contributed by atoms with Gasteiger partial charge in [0.25, 0.3) is 5.56 Å². The van der Waals surface area contributed by atoms with Crippen molar-refractivity contribution in [2.75, 3.05) is 6.54 Å². The third-order valence-corrected chi connectivity index (χ3v) is 5.43. The summed E-state index contributed by atoms with van der Waals surface area (Å²) in [7, 11) is 0. The summed E-state index contributed by atoms with van der Waals surface area (Å²) in [6.07, 6.45) is 0. The second-order valence-corrected chi connectivity index (χ2v) is 7.64. The first kappa shape index (κ1) is 20.1. The molecular weight excluding hydrogens is 398 g/mol. The van der Waals surface area contributed by atoms with Crippen LogP contribution in [0.25, 0.3) is 16.6 Å². The summed E-state index contributed by atoms with van der Waals surface area (Å²) in [5.74, 6) is 0.606. The highest BCUT2D eigenvalue weighted by atomic mass is 32.1. The van der Waals surface area contributed by atoms with Crippen LogP contribution in [0.3, 0.4) is 0 Å². The molecule has 30 heavy (non-hydrogen) atoms. The molecule has 0 aliphatic carbocycles. The average Bonchev–Trinajstić information content (AvgIpc) is 3.09. The molecule has 0 saturated heterocycles. The summed E-state index contributed by atoms with van der Waals surface area (Å²) >= 11 is 5.63. The van der Waals surface area contributed by atoms with Crippen molar-refractivity contribution >= 4 is 23.1 Å². The highest BCUT2D eigenvalue weighted by Gasteiger charge is 2.13. The van der Waals surface area contributed by atoms with Crippen LogP contribution in [-0.4, -0.2) is 41.2 Å². The van der Waals surface area contributed by atoms with Crippen LogP contribution >= 0.6 is 12.2 Å². The zero-order valence-electron chi connectivity index (χ0n) is 17.2. The minimum absolute atomic E-state index is 0.135. The van der Waals surface area contributed by atoms with E-state index in [0.29, 0.717) is 34.7 Å². The molecule has 0 fully saturated rings. The van der Waals surface area contributed by atoms with E-state index in [-0.39, 0.29) is 5.56 Å². The number of para-hydroxylation sites is 1. The number of aromatic amines is 1. The number of fused-ring (bicyclic) bond motifs is 1. The molecule has 0 spiro atoms. The number of aromatic nitrogens is 6. The van der Waals surface area contributed by atoms with Crippen molar-refractivity contribution in [2.45, 2.75) is 34.0 Å². The van der Waals surface area contributed by atoms with Gasteiger partial charge < -0.3 is 4.98 Å². The molecule has 0 unspecified atom stereocenters. The number of tetrazole rings is 1. The van der Waals surface area contributed by atoms with Gasteiger partial charge in [-0.25, -0.2) is 9.67 Å². The summed E-state index contributed by atoms with van der Waals surface area (Å²) < 4.78 is 3.88. The van der Waals surface area contributed by atoms with E-state index >= 15 is 0 Å². The Morgan fingerprint density at radius 2 is 1.93 bits per heavy atom. The zero-order valence-corrected chi connectivity index (χ0v) is 18.0. The number of H-pyrrole nitrogens is 1. The van der Waals surface area contributed by atoms with Gasteiger partial charge in [-0.15, -0.1) is 0 Å². The van der Waals surface area contributed by atoms with Gasteiger partial charge in [0.1, 0.15) is 5.82 Å². The van der Waals surface area contributed by atoms with Gasteiger partial charge in [-0.3, -0.25) is 9.69 Å². The van der Waals surface area contributed by atoms with Crippen LogP contribution in [0, 0.1) is 18.6 Å². The Kier molecular flexibility index (Phi) is 5.56. The molecule has 0 amide bonds. The summed E-state index contributed by atoms with van der Waals surface area (Å²) in [5, 5.41) is 9.10. The molecule has 9 heteroatoms. The normalized spacial score (nSPS) is 11.5. The molecule has 154 valence electrons. The number of rotatable bonds is 6. The van der Waals surface area contributed by atoms with Crippen molar-refractivity contribution in [3.05, 3.63) is 74.5 Å². The monoisotopic (exact) mass is 421 g/mol. The lowest BCUT2D eigenvalue weighted by Crippen LogP contribution is -2.28. The van der Waals surface area contributed by atoms with Crippen molar-refractivity contribution in [3.8, 4) is 5.69 Å². The molecule has 8 nitrogen and oxygen atoms in total. The van der Waals surface area contributed by atoms with Crippen molar-refractivity contribution < 1.29 is 0 Å². The minimum Gasteiger partial charge on any atom is -0.309 e. The Labute approximate surface area is 178 Å². The third-order valence-electron chi connectivity index (χ3n) is 5.05. The number of hydrogen-bond donors (Lipinski definition) is 1. The fraction of sp³-hybridized carbons (Fsp3) is 0.286. The van der Waals surface area contributed by atoms with Gasteiger partial charge >= 0.3 is 0 Å². The van der Waals surface area contributed by atoms with Crippen LogP contribution in [0.4, 0.5) is 0 Å². The van der Waals surface area contributed by atoms with Gasteiger partial charge in [0.2, 0.25) is 4.77 Å². The fourth-order valence-electron chi connectivity index (χ4n) is 3.33. The molecule has 0 radical (unpaired) electrons. The maximum absolute atomic E-state index is 12.3. The van der Waals surface area contributed by atoms with E-state index in [0.717, 1.165) is 23.4 Å². The Morgan fingerprint density at radius 3 is 2.73 bits per heavy atom. The van der Waals surface area contributed by atoms with Gasteiger partial charge in [-0.2, -0.15) is 4.68 Å². The van der Waals surface area contributed by atoms with E-state index < -0.39 is 0 Å². The highest BCUT2D eigenvalue weighted by molar-refractivity contribution is 7.71. The van der Waals surface area contributed by atoms with Gasteiger partial charge in [-0.05, 0) is 72.4 Å². The van der Waals surface area contributed by atoms with Gasteiger partial charge in [0.05, 0.1) is 29.8 Å². The fourth-order valence-corrected chi connectivity index (χ4v) is 3.56.